The molecule has 3 rings (SSSR count). The molecule has 0 aliphatic rings. The molecule has 2 N–H and O–H groups in total. The van der Waals surface area contributed by atoms with E-state index in [1.165, 1.54) is 10.5 Å². The summed E-state index contributed by atoms with van der Waals surface area (Å²) in [5.41, 5.74) is 8.16. The Morgan fingerprint density at radius 2 is 1.45 bits per heavy atom. The minimum absolute atomic E-state index is 0.0885. The quantitative estimate of drug-likeness (QED) is 0.609. The lowest BCUT2D eigenvalue weighted by atomic mass is 10.0. The van der Waals surface area contributed by atoms with E-state index in [4.69, 9.17) is 10.5 Å². The first-order valence-corrected chi connectivity index (χ1v) is 9.52. The van der Waals surface area contributed by atoms with Crippen LogP contribution >= 0.6 is 0 Å². The summed E-state index contributed by atoms with van der Waals surface area (Å²) >= 11 is 0. The van der Waals surface area contributed by atoms with Crippen LogP contribution < -0.4 is 15.4 Å². The van der Waals surface area contributed by atoms with E-state index >= 15 is 0 Å². The first-order valence-electron chi connectivity index (χ1n) is 9.52. The molecule has 3 aromatic carbocycles. The van der Waals surface area contributed by atoms with Gasteiger partial charge in [0.05, 0.1) is 0 Å². The van der Waals surface area contributed by atoms with Gasteiger partial charge in [0, 0.05) is 25.1 Å². The minimum Gasteiger partial charge on any atom is -0.483 e. The van der Waals surface area contributed by atoms with Crippen molar-refractivity contribution in [2.75, 3.05) is 18.1 Å². The molecular formula is C24H24N2O3. The third-order valence-corrected chi connectivity index (χ3v) is 4.51. The monoisotopic (exact) mass is 388 g/mol. The van der Waals surface area contributed by atoms with Gasteiger partial charge in [0.15, 0.2) is 6.61 Å². The Bertz CT molecular complexity index is 943. The highest BCUT2D eigenvalue weighted by molar-refractivity contribution is 5.95. The van der Waals surface area contributed by atoms with Crippen LogP contribution in [0.5, 0.6) is 5.75 Å². The fourth-order valence-corrected chi connectivity index (χ4v) is 3.05. The zero-order valence-corrected chi connectivity index (χ0v) is 16.2. The second kappa shape index (κ2) is 10.1. The Kier molecular flexibility index (Phi) is 7.00. The standard InChI is InChI=1S/C24H24N2O3/c25-23(27)15-16-26(21-12-5-2-6-13-21)24(28)18-29-22-14-8-7-11-20(22)17-19-9-3-1-4-10-19/h1-14H,15-18H2,(H2,25,27). The topological polar surface area (TPSA) is 72.6 Å². The number of carbonyl (C=O) groups is 2. The molecule has 29 heavy (non-hydrogen) atoms. The van der Waals surface area contributed by atoms with Crippen LogP contribution in [0.15, 0.2) is 84.9 Å². The van der Waals surface area contributed by atoms with Crippen LogP contribution in [-0.4, -0.2) is 25.0 Å². The molecular weight excluding hydrogens is 364 g/mol. The summed E-state index contributed by atoms with van der Waals surface area (Å²) in [4.78, 5) is 25.6. The van der Waals surface area contributed by atoms with Crippen molar-refractivity contribution >= 4 is 17.5 Å². The molecule has 5 nitrogen and oxygen atoms in total. The van der Waals surface area contributed by atoms with Crippen molar-refractivity contribution in [2.24, 2.45) is 5.73 Å². The zero-order chi connectivity index (χ0) is 20.5. The number of hydrogen-bond donors (Lipinski definition) is 1. The van der Waals surface area contributed by atoms with E-state index in [2.05, 4.69) is 12.1 Å². The van der Waals surface area contributed by atoms with Gasteiger partial charge in [-0.3, -0.25) is 9.59 Å². The Labute approximate surface area is 170 Å². The minimum atomic E-state index is -0.451. The van der Waals surface area contributed by atoms with Gasteiger partial charge in [-0.05, 0) is 29.3 Å². The first kappa shape index (κ1) is 20.1. The van der Waals surface area contributed by atoms with E-state index in [9.17, 15) is 9.59 Å². The molecule has 0 saturated carbocycles. The lowest BCUT2D eigenvalue weighted by Gasteiger charge is -2.23. The Morgan fingerprint density at radius 3 is 2.14 bits per heavy atom. The molecule has 148 valence electrons. The SMILES string of the molecule is NC(=O)CCN(C(=O)COc1ccccc1Cc1ccccc1)c1ccccc1. The molecule has 3 aromatic rings. The molecule has 0 heterocycles. The molecule has 5 heteroatoms. The van der Waals surface area contributed by atoms with Crippen molar-refractivity contribution in [3.63, 3.8) is 0 Å². The normalized spacial score (nSPS) is 10.3. The summed E-state index contributed by atoms with van der Waals surface area (Å²) in [6.07, 6.45) is 0.806. The van der Waals surface area contributed by atoms with Crippen LogP contribution in [0.25, 0.3) is 0 Å². The number of primary amides is 1. The lowest BCUT2D eigenvalue weighted by Crippen LogP contribution is -2.37. The third kappa shape index (κ3) is 5.94. The van der Waals surface area contributed by atoms with Gasteiger partial charge in [-0.25, -0.2) is 0 Å². The van der Waals surface area contributed by atoms with Crippen LogP contribution in [0.1, 0.15) is 17.5 Å². The first-order chi connectivity index (χ1) is 14.1. The number of anilines is 1. The highest BCUT2D eigenvalue weighted by Crippen LogP contribution is 2.22. The molecule has 0 aliphatic heterocycles. The number of rotatable bonds is 9. The third-order valence-electron chi connectivity index (χ3n) is 4.51. The predicted molar refractivity (Wildman–Crippen MR) is 114 cm³/mol. The van der Waals surface area contributed by atoms with Crippen molar-refractivity contribution in [1.29, 1.82) is 0 Å². The largest absolute Gasteiger partial charge is 0.483 e. The highest BCUT2D eigenvalue weighted by Gasteiger charge is 2.17. The summed E-state index contributed by atoms with van der Waals surface area (Å²) in [5.74, 6) is -0.00700. The van der Waals surface area contributed by atoms with Crippen molar-refractivity contribution in [1.82, 2.24) is 0 Å². The molecule has 2 amide bonds. The van der Waals surface area contributed by atoms with E-state index in [1.54, 1.807) is 0 Å². The van der Waals surface area contributed by atoms with E-state index in [1.807, 2.05) is 72.8 Å². The highest BCUT2D eigenvalue weighted by atomic mass is 16.5. The number of para-hydroxylation sites is 2. The second-order valence-corrected chi connectivity index (χ2v) is 6.66. The van der Waals surface area contributed by atoms with E-state index in [0.717, 1.165) is 12.0 Å². The number of benzene rings is 3. The maximum absolute atomic E-state index is 12.8. The van der Waals surface area contributed by atoms with E-state index in [-0.39, 0.29) is 25.5 Å². The van der Waals surface area contributed by atoms with Gasteiger partial charge in [-0.2, -0.15) is 0 Å². The molecule has 0 fully saturated rings. The van der Waals surface area contributed by atoms with Crippen molar-refractivity contribution < 1.29 is 14.3 Å². The van der Waals surface area contributed by atoms with Crippen molar-refractivity contribution in [3.8, 4) is 5.75 Å². The van der Waals surface area contributed by atoms with Gasteiger partial charge in [-0.15, -0.1) is 0 Å². The number of ether oxygens (including phenoxy) is 1. The molecule has 0 spiro atoms. The van der Waals surface area contributed by atoms with E-state index < -0.39 is 5.91 Å². The summed E-state index contributed by atoms with van der Waals surface area (Å²) in [6.45, 7) is 0.0899. The molecule has 0 aliphatic carbocycles. The zero-order valence-electron chi connectivity index (χ0n) is 16.2. The van der Waals surface area contributed by atoms with Gasteiger partial charge in [0.2, 0.25) is 5.91 Å². The Morgan fingerprint density at radius 1 is 0.828 bits per heavy atom. The Hall–Kier alpha value is -3.60. The molecule has 0 atom stereocenters. The van der Waals surface area contributed by atoms with Crippen LogP contribution in [0.2, 0.25) is 0 Å². The van der Waals surface area contributed by atoms with Crippen LogP contribution in [-0.2, 0) is 16.0 Å². The van der Waals surface area contributed by atoms with Gasteiger partial charge < -0.3 is 15.4 Å². The van der Waals surface area contributed by atoms with Crippen LogP contribution in [0, 0.1) is 0 Å². The molecule has 0 radical (unpaired) electrons. The lowest BCUT2D eigenvalue weighted by molar-refractivity contribution is -0.120. The number of carbonyl (C=O) groups excluding carboxylic acids is 2. The number of hydrogen-bond acceptors (Lipinski definition) is 3. The van der Waals surface area contributed by atoms with Gasteiger partial charge in [-0.1, -0.05) is 66.7 Å². The summed E-state index contributed by atoms with van der Waals surface area (Å²) in [6, 6.07) is 27.0. The summed E-state index contributed by atoms with van der Waals surface area (Å²) in [5, 5.41) is 0. The van der Waals surface area contributed by atoms with Crippen LogP contribution in [0.4, 0.5) is 5.69 Å². The van der Waals surface area contributed by atoms with Gasteiger partial charge in [0.1, 0.15) is 5.75 Å². The van der Waals surface area contributed by atoms with Crippen molar-refractivity contribution in [2.45, 2.75) is 12.8 Å². The van der Waals surface area contributed by atoms with Gasteiger partial charge >= 0.3 is 0 Å². The number of nitrogens with zero attached hydrogens (tertiary/aromatic N) is 1. The molecule has 0 aromatic heterocycles. The second-order valence-electron chi connectivity index (χ2n) is 6.66. The average Bonchev–Trinajstić information content (AvgIpc) is 2.74. The molecule has 0 saturated heterocycles. The predicted octanol–water partition coefficient (Wildman–Crippen LogP) is 3.56. The molecule has 0 unspecified atom stereocenters. The maximum atomic E-state index is 12.8. The van der Waals surface area contributed by atoms with Crippen LogP contribution in [0.3, 0.4) is 0 Å². The Balaban J connectivity index is 1.70. The smallest absolute Gasteiger partial charge is 0.264 e. The maximum Gasteiger partial charge on any atom is 0.264 e. The van der Waals surface area contributed by atoms with E-state index in [0.29, 0.717) is 11.4 Å². The fourth-order valence-electron chi connectivity index (χ4n) is 3.05. The van der Waals surface area contributed by atoms with Crippen molar-refractivity contribution in [3.05, 3.63) is 96.1 Å². The summed E-state index contributed by atoms with van der Waals surface area (Å²) < 4.78 is 5.87. The fraction of sp³-hybridized carbons (Fsp3) is 0.167. The van der Waals surface area contributed by atoms with Gasteiger partial charge in [0.25, 0.3) is 5.91 Å². The average molecular weight is 388 g/mol. The number of nitrogens with two attached hydrogens (primary N) is 1. The summed E-state index contributed by atoms with van der Waals surface area (Å²) in [7, 11) is 0. The number of amides is 2. The molecule has 0 bridgehead atoms.